The lowest BCUT2D eigenvalue weighted by Crippen LogP contribution is -2.40. The van der Waals surface area contributed by atoms with Gasteiger partial charge in [-0.25, -0.2) is 0 Å². The summed E-state index contributed by atoms with van der Waals surface area (Å²) in [6.07, 6.45) is 5.53. The van der Waals surface area contributed by atoms with Crippen molar-refractivity contribution < 1.29 is 4.79 Å². The van der Waals surface area contributed by atoms with Gasteiger partial charge in [0.05, 0.1) is 0 Å². The SMILES string of the molecule is CC(C)NCCC(=O)N1CCCCCC1C. The Morgan fingerprint density at radius 2 is 2.12 bits per heavy atom. The molecule has 3 nitrogen and oxygen atoms in total. The fourth-order valence-electron chi connectivity index (χ4n) is 2.26. The minimum absolute atomic E-state index is 0.322. The summed E-state index contributed by atoms with van der Waals surface area (Å²) in [5.74, 6) is 0.322. The van der Waals surface area contributed by atoms with E-state index in [0.29, 0.717) is 24.4 Å². The number of carbonyl (C=O) groups excluding carboxylic acids is 1. The summed E-state index contributed by atoms with van der Waals surface area (Å²) in [6.45, 7) is 8.17. The van der Waals surface area contributed by atoms with E-state index >= 15 is 0 Å². The van der Waals surface area contributed by atoms with Crippen molar-refractivity contribution in [1.29, 1.82) is 0 Å². The van der Waals surface area contributed by atoms with Crippen molar-refractivity contribution in [3.05, 3.63) is 0 Å². The highest BCUT2D eigenvalue weighted by atomic mass is 16.2. The van der Waals surface area contributed by atoms with Gasteiger partial charge < -0.3 is 10.2 Å². The van der Waals surface area contributed by atoms with E-state index in [0.717, 1.165) is 13.1 Å². The van der Waals surface area contributed by atoms with E-state index in [2.05, 4.69) is 31.0 Å². The molecule has 1 rings (SSSR count). The average molecular weight is 226 g/mol. The summed E-state index contributed by atoms with van der Waals surface area (Å²) < 4.78 is 0. The predicted octanol–water partition coefficient (Wildman–Crippen LogP) is 2.17. The topological polar surface area (TPSA) is 32.3 Å². The molecule has 1 N–H and O–H groups in total. The molecule has 0 spiro atoms. The quantitative estimate of drug-likeness (QED) is 0.797. The van der Waals surface area contributed by atoms with Crippen LogP contribution in [0.3, 0.4) is 0 Å². The van der Waals surface area contributed by atoms with Crippen molar-refractivity contribution >= 4 is 5.91 Å². The van der Waals surface area contributed by atoms with E-state index in [1.54, 1.807) is 0 Å². The van der Waals surface area contributed by atoms with Gasteiger partial charge in [-0.3, -0.25) is 4.79 Å². The van der Waals surface area contributed by atoms with Gasteiger partial charge in [-0.15, -0.1) is 0 Å². The van der Waals surface area contributed by atoms with Crippen LogP contribution in [-0.4, -0.2) is 36.0 Å². The smallest absolute Gasteiger partial charge is 0.224 e. The minimum Gasteiger partial charge on any atom is -0.340 e. The molecule has 1 aliphatic rings. The Labute approximate surface area is 99.6 Å². The van der Waals surface area contributed by atoms with E-state index in [1.807, 2.05) is 0 Å². The third-order valence-electron chi connectivity index (χ3n) is 3.26. The third kappa shape index (κ3) is 4.52. The molecule has 1 aliphatic heterocycles. The molecule has 3 heteroatoms. The van der Waals surface area contributed by atoms with Gasteiger partial charge in [0, 0.05) is 31.6 Å². The van der Waals surface area contributed by atoms with Gasteiger partial charge in [-0.1, -0.05) is 26.7 Å². The van der Waals surface area contributed by atoms with Crippen LogP contribution >= 0.6 is 0 Å². The van der Waals surface area contributed by atoms with Gasteiger partial charge in [-0.05, 0) is 19.8 Å². The third-order valence-corrected chi connectivity index (χ3v) is 3.26. The first kappa shape index (κ1) is 13.5. The van der Waals surface area contributed by atoms with E-state index in [9.17, 15) is 4.79 Å². The highest BCUT2D eigenvalue weighted by Crippen LogP contribution is 2.16. The van der Waals surface area contributed by atoms with Crippen LogP contribution in [0.15, 0.2) is 0 Å². The maximum atomic E-state index is 12.0. The second-order valence-corrected chi connectivity index (χ2v) is 5.14. The van der Waals surface area contributed by atoms with Crippen LogP contribution in [0.5, 0.6) is 0 Å². The molecule has 94 valence electrons. The molecule has 0 aromatic heterocycles. The summed E-state index contributed by atoms with van der Waals surface area (Å²) >= 11 is 0. The van der Waals surface area contributed by atoms with Crippen molar-refractivity contribution in [2.24, 2.45) is 0 Å². The van der Waals surface area contributed by atoms with Crippen molar-refractivity contribution in [3.63, 3.8) is 0 Å². The molecular formula is C13H26N2O. The van der Waals surface area contributed by atoms with Crippen LogP contribution in [0.1, 0.15) is 52.9 Å². The summed E-state index contributed by atoms with van der Waals surface area (Å²) in [5, 5.41) is 3.30. The summed E-state index contributed by atoms with van der Waals surface area (Å²) in [6, 6.07) is 0.906. The Bertz CT molecular complexity index is 216. The first-order chi connectivity index (χ1) is 7.61. The summed E-state index contributed by atoms with van der Waals surface area (Å²) in [7, 11) is 0. The lowest BCUT2D eigenvalue weighted by Gasteiger charge is -2.27. The second-order valence-electron chi connectivity index (χ2n) is 5.14. The first-order valence-corrected chi connectivity index (χ1v) is 6.64. The van der Waals surface area contributed by atoms with Crippen molar-refractivity contribution in [3.8, 4) is 0 Å². The Balaban J connectivity index is 2.33. The monoisotopic (exact) mass is 226 g/mol. The van der Waals surface area contributed by atoms with Crippen LogP contribution < -0.4 is 5.32 Å². The van der Waals surface area contributed by atoms with Crippen LogP contribution in [0.4, 0.5) is 0 Å². The van der Waals surface area contributed by atoms with Crippen molar-refractivity contribution in [2.45, 2.75) is 65.0 Å². The Kier molecular flexibility index (Phi) is 5.81. The van der Waals surface area contributed by atoms with Gasteiger partial charge in [-0.2, -0.15) is 0 Å². The van der Waals surface area contributed by atoms with E-state index < -0.39 is 0 Å². The van der Waals surface area contributed by atoms with Gasteiger partial charge >= 0.3 is 0 Å². The molecule has 1 saturated heterocycles. The lowest BCUT2D eigenvalue weighted by atomic mass is 10.1. The fraction of sp³-hybridized carbons (Fsp3) is 0.923. The normalized spacial score (nSPS) is 22.2. The highest BCUT2D eigenvalue weighted by Gasteiger charge is 2.21. The molecule has 0 radical (unpaired) electrons. The molecule has 1 heterocycles. The number of amides is 1. The number of nitrogens with one attached hydrogen (secondary N) is 1. The van der Waals surface area contributed by atoms with Gasteiger partial charge in [0.15, 0.2) is 0 Å². The van der Waals surface area contributed by atoms with E-state index in [4.69, 9.17) is 0 Å². The van der Waals surface area contributed by atoms with Crippen LogP contribution in [0.2, 0.25) is 0 Å². The zero-order chi connectivity index (χ0) is 12.0. The molecule has 1 fully saturated rings. The number of likely N-dealkylation sites (tertiary alicyclic amines) is 1. The Morgan fingerprint density at radius 3 is 2.81 bits per heavy atom. The number of hydrogen-bond acceptors (Lipinski definition) is 2. The zero-order valence-electron chi connectivity index (χ0n) is 11.0. The summed E-state index contributed by atoms with van der Waals surface area (Å²) in [5.41, 5.74) is 0. The summed E-state index contributed by atoms with van der Waals surface area (Å²) in [4.78, 5) is 14.1. The molecule has 0 saturated carbocycles. The minimum atomic E-state index is 0.322. The number of nitrogens with zero attached hydrogens (tertiary/aromatic N) is 1. The molecule has 0 aliphatic carbocycles. The van der Waals surface area contributed by atoms with Gasteiger partial charge in [0.2, 0.25) is 5.91 Å². The Hall–Kier alpha value is -0.570. The lowest BCUT2D eigenvalue weighted by molar-refractivity contribution is -0.133. The second kappa shape index (κ2) is 6.89. The van der Waals surface area contributed by atoms with Gasteiger partial charge in [0.25, 0.3) is 0 Å². The van der Waals surface area contributed by atoms with Crippen LogP contribution in [0.25, 0.3) is 0 Å². The zero-order valence-corrected chi connectivity index (χ0v) is 11.0. The van der Waals surface area contributed by atoms with Gasteiger partial charge in [0.1, 0.15) is 0 Å². The highest BCUT2D eigenvalue weighted by molar-refractivity contribution is 5.76. The maximum absolute atomic E-state index is 12.0. The number of hydrogen-bond donors (Lipinski definition) is 1. The average Bonchev–Trinajstić information content (AvgIpc) is 2.42. The van der Waals surface area contributed by atoms with Crippen molar-refractivity contribution in [1.82, 2.24) is 10.2 Å². The standard InChI is InChI=1S/C13H26N2O/c1-11(2)14-9-8-13(16)15-10-6-4-5-7-12(15)3/h11-12,14H,4-10H2,1-3H3. The molecule has 1 atom stereocenters. The molecule has 0 bridgehead atoms. The van der Waals surface area contributed by atoms with Crippen LogP contribution in [-0.2, 0) is 4.79 Å². The Morgan fingerprint density at radius 1 is 1.38 bits per heavy atom. The van der Waals surface area contributed by atoms with Crippen LogP contribution in [0, 0.1) is 0 Å². The number of rotatable bonds is 4. The molecule has 1 amide bonds. The van der Waals surface area contributed by atoms with E-state index in [1.165, 1.54) is 25.7 Å². The molecule has 1 unspecified atom stereocenters. The molecule has 16 heavy (non-hydrogen) atoms. The maximum Gasteiger partial charge on any atom is 0.224 e. The molecular weight excluding hydrogens is 200 g/mol. The van der Waals surface area contributed by atoms with E-state index in [-0.39, 0.29) is 0 Å². The largest absolute Gasteiger partial charge is 0.340 e. The number of carbonyl (C=O) groups is 1. The predicted molar refractivity (Wildman–Crippen MR) is 67.4 cm³/mol. The molecule has 0 aromatic carbocycles. The molecule has 0 aromatic rings. The van der Waals surface area contributed by atoms with Crippen molar-refractivity contribution in [2.75, 3.05) is 13.1 Å². The fourth-order valence-corrected chi connectivity index (χ4v) is 2.26. The first-order valence-electron chi connectivity index (χ1n) is 6.64.